The van der Waals surface area contributed by atoms with Gasteiger partial charge in [-0.2, -0.15) is 6.92 Å². The summed E-state index contributed by atoms with van der Waals surface area (Å²) in [4.78, 5) is 0. The van der Waals surface area contributed by atoms with E-state index in [0.29, 0.717) is 35.0 Å². The Balaban J connectivity index is 0.00000159. The number of hydrogen-bond donors (Lipinski definition) is 0. The van der Waals surface area contributed by atoms with E-state index in [4.69, 9.17) is 34.1 Å². The van der Waals surface area contributed by atoms with E-state index in [1.54, 1.807) is 18.1 Å². The first-order valence-corrected chi connectivity index (χ1v) is 36.3. The molecule has 6 heteroatoms. The minimum atomic E-state index is -0.826. The second-order valence-electron chi connectivity index (χ2n) is 20.8. The second kappa shape index (κ2) is 32.0. The summed E-state index contributed by atoms with van der Waals surface area (Å²) in [5.41, 5.74) is 3.90. The predicted octanol–water partition coefficient (Wildman–Crippen LogP) is 20.2. The molecular formula is C56H92Cl4Zr2. The first-order valence-electron chi connectivity index (χ1n) is 23.7. The van der Waals surface area contributed by atoms with Gasteiger partial charge in [-0.15, -0.1) is 0 Å². The second-order valence-corrected chi connectivity index (χ2v) is 28.3. The molecule has 7 aliphatic carbocycles. The summed E-state index contributed by atoms with van der Waals surface area (Å²) in [6.45, 7) is 24.5. The molecule has 0 aromatic heterocycles. The molecule has 0 bridgehead atoms. The van der Waals surface area contributed by atoms with Crippen molar-refractivity contribution in [3.63, 3.8) is 0 Å². The summed E-state index contributed by atoms with van der Waals surface area (Å²) in [6, 6.07) is 0. The van der Waals surface area contributed by atoms with E-state index < -0.39 is 41.7 Å². The van der Waals surface area contributed by atoms with Gasteiger partial charge < -0.3 is 29.2 Å². The summed E-state index contributed by atoms with van der Waals surface area (Å²) < 4.78 is 0. The SMILES string of the molecule is CC(C)(C)C1=CC2C(C=C1)C1C=CC(C(C)(C)C)=CC1C2C(C)(CC/C=C/CC1CCC2C=CC=CC21)C1CCCC1.CCCCC1CCCC1.[CH2-]C.[CH3-].[CH3-].[CH3-].[Cl][Zr+2][Cl].[Cl][Zr+2][Cl]. The van der Waals surface area contributed by atoms with Crippen LogP contribution in [0.1, 0.15) is 165 Å². The molecule has 7 rings (SSSR count). The summed E-state index contributed by atoms with van der Waals surface area (Å²) in [5, 5.41) is 0. The van der Waals surface area contributed by atoms with Gasteiger partial charge in [0.05, 0.1) is 0 Å². The van der Waals surface area contributed by atoms with E-state index in [1.807, 2.05) is 0 Å². The molecule has 0 nitrogen and oxygen atoms in total. The molecule has 7 aliphatic rings. The van der Waals surface area contributed by atoms with Crippen LogP contribution in [-0.4, -0.2) is 0 Å². The number of hydrogen-bond acceptors (Lipinski definition) is 0. The van der Waals surface area contributed by atoms with Crippen LogP contribution in [0.3, 0.4) is 0 Å². The van der Waals surface area contributed by atoms with Gasteiger partial charge >= 0.3 is 75.7 Å². The number of fused-ring (bicyclic) bond motifs is 4. The zero-order valence-corrected chi connectivity index (χ0v) is 49.7. The van der Waals surface area contributed by atoms with Gasteiger partial charge in [0.25, 0.3) is 0 Å². The number of unbranched alkanes of at least 4 members (excludes halogenated alkanes) is 1. The fraction of sp³-hybridized carbons (Fsp3) is 0.679. The summed E-state index contributed by atoms with van der Waals surface area (Å²) >= 11 is -1.65. The van der Waals surface area contributed by atoms with Crippen molar-refractivity contribution in [2.24, 2.45) is 75.4 Å². The Morgan fingerprint density at radius 3 is 1.60 bits per heavy atom. The van der Waals surface area contributed by atoms with Crippen LogP contribution < -0.4 is 0 Å². The zero-order chi connectivity index (χ0) is 43.6. The van der Waals surface area contributed by atoms with Crippen LogP contribution in [0.25, 0.3) is 0 Å². The molecule has 0 heterocycles. The molecule has 4 saturated carbocycles. The molecule has 62 heavy (non-hydrogen) atoms. The zero-order valence-electron chi connectivity index (χ0n) is 41.7. The van der Waals surface area contributed by atoms with Crippen LogP contribution in [0.4, 0.5) is 0 Å². The molecule has 8 atom stereocenters. The Labute approximate surface area is 425 Å². The molecule has 4 fully saturated rings. The van der Waals surface area contributed by atoms with Crippen LogP contribution >= 0.6 is 34.1 Å². The number of halogens is 4. The van der Waals surface area contributed by atoms with Crippen molar-refractivity contribution >= 4 is 34.1 Å². The third-order valence-corrected chi connectivity index (χ3v) is 15.3. The van der Waals surface area contributed by atoms with E-state index in [-0.39, 0.29) is 33.1 Å². The van der Waals surface area contributed by atoms with Crippen molar-refractivity contribution in [3.8, 4) is 0 Å². The molecule has 352 valence electrons. The van der Waals surface area contributed by atoms with Gasteiger partial charge in [0.2, 0.25) is 0 Å². The first-order chi connectivity index (χ1) is 28.2. The normalized spacial score (nSPS) is 28.9. The Hall–Kier alpha value is 1.11. The maximum atomic E-state index is 4.93. The van der Waals surface area contributed by atoms with E-state index >= 15 is 0 Å². The molecule has 0 aliphatic heterocycles. The average Bonchev–Trinajstić information content (AvgIpc) is 4.05. The van der Waals surface area contributed by atoms with Gasteiger partial charge in [0, 0.05) is 0 Å². The Morgan fingerprint density at radius 1 is 0.629 bits per heavy atom. The first kappa shape index (κ1) is 63.1. The monoisotopic (exact) mass is 1080 g/mol. The van der Waals surface area contributed by atoms with Crippen molar-refractivity contribution in [3.05, 3.63) is 113 Å². The third-order valence-electron chi connectivity index (χ3n) is 15.3. The summed E-state index contributed by atoms with van der Waals surface area (Å²) in [7, 11) is 19.7. The van der Waals surface area contributed by atoms with Gasteiger partial charge in [0.15, 0.2) is 0 Å². The van der Waals surface area contributed by atoms with E-state index in [0.717, 1.165) is 29.6 Å². The minimum absolute atomic E-state index is 0. The van der Waals surface area contributed by atoms with Crippen LogP contribution in [0.15, 0.2) is 84.1 Å². The molecule has 0 spiro atoms. The van der Waals surface area contributed by atoms with Crippen molar-refractivity contribution in [2.75, 3.05) is 0 Å². The average molecular weight is 1090 g/mol. The van der Waals surface area contributed by atoms with Gasteiger partial charge in [0.1, 0.15) is 0 Å². The van der Waals surface area contributed by atoms with Crippen molar-refractivity contribution in [2.45, 2.75) is 165 Å². The fourth-order valence-corrected chi connectivity index (χ4v) is 12.2. The van der Waals surface area contributed by atoms with Crippen LogP contribution in [0.5, 0.6) is 0 Å². The van der Waals surface area contributed by atoms with Crippen LogP contribution in [-0.2, 0) is 41.7 Å². The molecule has 0 aromatic carbocycles. The Morgan fingerprint density at radius 2 is 1.11 bits per heavy atom. The molecule has 0 saturated heterocycles. The molecule has 0 N–H and O–H groups in total. The van der Waals surface area contributed by atoms with Crippen molar-refractivity contribution in [1.29, 1.82) is 0 Å². The van der Waals surface area contributed by atoms with Gasteiger partial charge in [-0.25, -0.2) is 0 Å². The predicted molar refractivity (Wildman–Crippen MR) is 277 cm³/mol. The Kier molecular flexibility index (Phi) is 32.6. The van der Waals surface area contributed by atoms with Crippen molar-refractivity contribution < 1.29 is 41.7 Å². The molecule has 0 radical (unpaired) electrons. The van der Waals surface area contributed by atoms with Crippen LogP contribution in [0, 0.1) is 105 Å². The van der Waals surface area contributed by atoms with E-state index in [1.165, 1.54) is 103 Å². The van der Waals surface area contributed by atoms with Crippen molar-refractivity contribution in [1.82, 2.24) is 0 Å². The molecule has 0 amide bonds. The topological polar surface area (TPSA) is 0 Å². The quantitative estimate of drug-likeness (QED) is 0.151. The third kappa shape index (κ3) is 18.2. The van der Waals surface area contributed by atoms with Gasteiger partial charge in [-0.1, -0.05) is 186 Å². The van der Waals surface area contributed by atoms with E-state index in [9.17, 15) is 0 Å². The number of allylic oxidation sites excluding steroid dienone is 14. The Bertz CT molecular complexity index is 1360. The molecule has 8 unspecified atom stereocenters. The van der Waals surface area contributed by atoms with Gasteiger partial charge in [-0.3, -0.25) is 0 Å². The fourth-order valence-electron chi connectivity index (χ4n) is 12.2. The number of rotatable bonds is 10. The standard InChI is InChI=1S/C42H60.C9H18.C2H5.3CH3.4ClH.2Zr/c1-40(2,3)32-22-24-35-36-25-23-33(41(4,5)6)28-38(36)39(37(35)27-32)42(7,31-17-11-12-18-31)26-14-8-9-15-29-20-21-30-16-10-13-19-34(29)30;1-2-3-6-9-7-4-5-8-9;1-2;;;;;;;;;/h8-10,13,16,19,22-25,27-31,34-39H,11-12,14-15,17-18,20-21,26H2,1-7H3;9H,2-8H2,1H3;1H2,2H3;3*1H3;4*1H;;/q;;4*-1;;;;;2*+4/p-4/b9-8+;;;;;;;;;;;. The van der Waals surface area contributed by atoms with Gasteiger partial charge in [-0.05, 0) is 132 Å². The summed E-state index contributed by atoms with van der Waals surface area (Å²) in [6.07, 6.45) is 53.3. The maximum absolute atomic E-state index is 4.93. The molecule has 0 aromatic rings. The van der Waals surface area contributed by atoms with Crippen LogP contribution in [0.2, 0.25) is 0 Å². The van der Waals surface area contributed by atoms with E-state index in [2.05, 4.69) is 135 Å². The molecular weight excluding hydrogens is 997 g/mol. The summed E-state index contributed by atoms with van der Waals surface area (Å²) in [5.74, 6) is 7.69.